The van der Waals surface area contributed by atoms with E-state index in [1.807, 2.05) is 18.2 Å². The summed E-state index contributed by atoms with van der Waals surface area (Å²) in [4.78, 5) is 14.4. The number of carbonyl (C=O) groups is 1. The van der Waals surface area contributed by atoms with E-state index >= 15 is 0 Å². The van der Waals surface area contributed by atoms with Gasteiger partial charge in [-0.2, -0.15) is 0 Å². The molecular weight excluding hydrogens is 402 g/mol. The minimum atomic E-state index is -1.18. The first-order valence-corrected chi connectivity index (χ1v) is 11.2. The molecule has 1 unspecified atom stereocenters. The predicted molar refractivity (Wildman–Crippen MR) is 105 cm³/mol. The number of likely N-dealkylation sites (tertiary alicyclic amines) is 1. The molecule has 28 heavy (non-hydrogen) atoms. The molecule has 2 aromatic rings. The Morgan fingerprint density at radius 2 is 1.79 bits per heavy atom. The number of piperidine rings is 1. The molecule has 1 atom stereocenters. The van der Waals surface area contributed by atoms with E-state index in [1.165, 1.54) is 0 Å². The summed E-state index contributed by atoms with van der Waals surface area (Å²) in [6.45, 7) is 2.35. The molecule has 0 N–H and O–H groups in total. The maximum absolute atomic E-state index is 12.7. The smallest absolute Gasteiger partial charge is 0.289 e. The SMILES string of the molecule is O=C(c1ccc(CS(=O)Cc2ccccc2Cl)o1)N1CCC2(CC1)OCCO2. The van der Waals surface area contributed by atoms with Crippen molar-refractivity contribution in [2.24, 2.45) is 0 Å². The Labute approximate surface area is 171 Å². The summed E-state index contributed by atoms with van der Waals surface area (Å²) in [5.41, 5.74) is 0.837. The first kappa shape index (κ1) is 19.6. The third-order valence-electron chi connectivity index (χ3n) is 5.08. The molecule has 0 radical (unpaired) electrons. The average molecular weight is 424 g/mol. The van der Waals surface area contributed by atoms with E-state index in [0.717, 1.165) is 5.56 Å². The van der Waals surface area contributed by atoms with Gasteiger partial charge in [0.1, 0.15) is 5.76 Å². The van der Waals surface area contributed by atoms with Gasteiger partial charge < -0.3 is 18.8 Å². The van der Waals surface area contributed by atoms with Crippen molar-refractivity contribution in [2.45, 2.75) is 30.1 Å². The summed E-state index contributed by atoms with van der Waals surface area (Å²) in [7, 11) is -1.18. The molecule has 0 aliphatic carbocycles. The van der Waals surface area contributed by atoms with Crippen LogP contribution in [0, 0.1) is 0 Å². The van der Waals surface area contributed by atoms with Crippen molar-refractivity contribution in [3.63, 3.8) is 0 Å². The summed E-state index contributed by atoms with van der Waals surface area (Å²) in [5, 5.41) is 0.601. The zero-order chi connectivity index (χ0) is 19.6. The third-order valence-corrected chi connectivity index (χ3v) is 6.68. The van der Waals surface area contributed by atoms with E-state index in [9.17, 15) is 9.00 Å². The second kappa shape index (κ2) is 8.37. The van der Waals surface area contributed by atoms with Crippen LogP contribution < -0.4 is 0 Å². The van der Waals surface area contributed by atoms with Crippen LogP contribution >= 0.6 is 11.6 Å². The van der Waals surface area contributed by atoms with Crippen molar-refractivity contribution in [3.8, 4) is 0 Å². The van der Waals surface area contributed by atoms with Gasteiger partial charge in [0, 0.05) is 41.8 Å². The third kappa shape index (κ3) is 4.33. The van der Waals surface area contributed by atoms with Crippen molar-refractivity contribution in [2.75, 3.05) is 26.3 Å². The highest BCUT2D eigenvalue weighted by Crippen LogP contribution is 2.32. The zero-order valence-corrected chi connectivity index (χ0v) is 17.0. The van der Waals surface area contributed by atoms with Gasteiger partial charge in [0.15, 0.2) is 11.5 Å². The van der Waals surface area contributed by atoms with E-state index in [1.54, 1.807) is 23.1 Å². The van der Waals surface area contributed by atoms with E-state index in [0.29, 0.717) is 55.7 Å². The Hall–Kier alpha value is -1.67. The summed E-state index contributed by atoms with van der Waals surface area (Å²) in [6.07, 6.45) is 1.32. The monoisotopic (exact) mass is 423 g/mol. The summed E-state index contributed by atoms with van der Waals surface area (Å²) in [6, 6.07) is 10.7. The number of nitrogens with zero attached hydrogens (tertiary/aromatic N) is 1. The first-order valence-electron chi connectivity index (χ1n) is 9.29. The van der Waals surface area contributed by atoms with Crippen LogP contribution in [0.1, 0.15) is 34.7 Å². The van der Waals surface area contributed by atoms with Gasteiger partial charge in [-0.1, -0.05) is 29.8 Å². The van der Waals surface area contributed by atoms with Crippen molar-refractivity contribution in [3.05, 3.63) is 58.5 Å². The molecule has 0 saturated carbocycles. The number of hydrogen-bond donors (Lipinski definition) is 0. The zero-order valence-electron chi connectivity index (χ0n) is 15.4. The molecule has 1 amide bonds. The molecule has 6 nitrogen and oxygen atoms in total. The molecule has 2 saturated heterocycles. The lowest BCUT2D eigenvalue weighted by atomic mass is 10.0. The number of benzene rings is 1. The summed E-state index contributed by atoms with van der Waals surface area (Å²) < 4.78 is 29.5. The Morgan fingerprint density at radius 1 is 1.07 bits per heavy atom. The van der Waals surface area contributed by atoms with Crippen LogP contribution in [0.15, 0.2) is 40.8 Å². The molecule has 0 bridgehead atoms. The van der Waals surface area contributed by atoms with Crippen LogP contribution in [0.25, 0.3) is 0 Å². The Bertz CT molecular complexity index is 867. The minimum Gasteiger partial charge on any atom is -0.455 e. The minimum absolute atomic E-state index is 0.156. The molecular formula is C20H22ClNO5S. The van der Waals surface area contributed by atoms with E-state index < -0.39 is 16.6 Å². The fourth-order valence-electron chi connectivity index (χ4n) is 3.56. The van der Waals surface area contributed by atoms with Gasteiger partial charge in [0.05, 0.1) is 24.7 Å². The number of rotatable bonds is 5. The maximum atomic E-state index is 12.7. The largest absolute Gasteiger partial charge is 0.455 e. The van der Waals surface area contributed by atoms with Gasteiger partial charge >= 0.3 is 0 Å². The molecule has 1 aromatic carbocycles. The molecule has 1 spiro atoms. The summed E-state index contributed by atoms with van der Waals surface area (Å²) >= 11 is 6.12. The van der Waals surface area contributed by atoms with E-state index in [2.05, 4.69) is 0 Å². The van der Waals surface area contributed by atoms with Gasteiger partial charge in [-0.05, 0) is 23.8 Å². The van der Waals surface area contributed by atoms with Gasteiger partial charge in [0.2, 0.25) is 0 Å². The van der Waals surface area contributed by atoms with Gasteiger partial charge in [0.25, 0.3) is 5.91 Å². The second-order valence-electron chi connectivity index (χ2n) is 6.99. The van der Waals surface area contributed by atoms with Gasteiger partial charge in [-0.3, -0.25) is 9.00 Å². The second-order valence-corrected chi connectivity index (χ2v) is 8.85. The lowest BCUT2D eigenvalue weighted by molar-refractivity contribution is -0.181. The van der Waals surface area contributed by atoms with Crippen molar-refractivity contribution in [1.82, 2.24) is 4.90 Å². The molecule has 2 aliphatic heterocycles. The molecule has 2 fully saturated rings. The highest BCUT2D eigenvalue weighted by molar-refractivity contribution is 7.83. The summed E-state index contributed by atoms with van der Waals surface area (Å²) in [5.74, 6) is 0.719. The highest BCUT2D eigenvalue weighted by atomic mass is 35.5. The molecule has 4 rings (SSSR count). The first-order chi connectivity index (χ1) is 13.5. The number of halogens is 1. The van der Waals surface area contributed by atoms with E-state index in [4.69, 9.17) is 25.5 Å². The molecule has 8 heteroatoms. The average Bonchev–Trinajstić information content (AvgIpc) is 3.34. The predicted octanol–water partition coefficient (Wildman–Crippen LogP) is 3.36. The number of carbonyl (C=O) groups excluding carboxylic acids is 1. The maximum Gasteiger partial charge on any atom is 0.289 e. The molecule has 2 aliphatic rings. The van der Waals surface area contributed by atoms with Crippen LogP contribution in [-0.4, -0.2) is 47.1 Å². The normalized spacial score (nSPS) is 19.8. The van der Waals surface area contributed by atoms with Gasteiger partial charge in [-0.15, -0.1) is 0 Å². The molecule has 150 valence electrons. The van der Waals surface area contributed by atoms with Gasteiger partial charge in [-0.25, -0.2) is 0 Å². The molecule has 3 heterocycles. The van der Waals surface area contributed by atoms with Crippen LogP contribution in [0.3, 0.4) is 0 Å². The van der Waals surface area contributed by atoms with Crippen LogP contribution in [0.5, 0.6) is 0 Å². The fourth-order valence-corrected chi connectivity index (χ4v) is 5.02. The quantitative estimate of drug-likeness (QED) is 0.737. The van der Waals surface area contributed by atoms with Crippen molar-refractivity contribution >= 4 is 28.3 Å². The molecule has 1 aromatic heterocycles. The number of amides is 1. The van der Waals surface area contributed by atoms with Crippen LogP contribution in [0.2, 0.25) is 5.02 Å². The number of furan rings is 1. The van der Waals surface area contributed by atoms with Crippen molar-refractivity contribution < 1.29 is 22.9 Å². The number of ether oxygens (including phenoxy) is 2. The van der Waals surface area contributed by atoms with Crippen LogP contribution in [-0.2, 0) is 31.8 Å². The Morgan fingerprint density at radius 3 is 2.50 bits per heavy atom. The number of hydrogen-bond acceptors (Lipinski definition) is 5. The lowest BCUT2D eigenvalue weighted by Crippen LogP contribution is -2.47. The van der Waals surface area contributed by atoms with Crippen molar-refractivity contribution in [1.29, 1.82) is 0 Å². The Balaban J connectivity index is 1.33. The Kier molecular flexibility index (Phi) is 5.87. The van der Waals surface area contributed by atoms with Crippen LogP contribution in [0.4, 0.5) is 0 Å². The highest BCUT2D eigenvalue weighted by Gasteiger charge is 2.41. The lowest BCUT2D eigenvalue weighted by Gasteiger charge is -2.37. The topological polar surface area (TPSA) is 69.0 Å². The standard InChI is InChI=1S/C20H22ClNO5S/c21-17-4-2-1-3-15(17)13-28(24)14-16-5-6-18(27-16)19(23)22-9-7-20(8-10-22)25-11-12-26-20/h1-6H,7-14H2. The van der Waals surface area contributed by atoms with E-state index in [-0.39, 0.29) is 17.4 Å². The fraction of sp³-hybridized carbons (Fsp3) is 0.450.